The van der Waals surface area contributed by atoms with Crippen molar-refractivity contribution in [3.8, 4) is 0 Å². The first-order valence-corrected chi connectivity index (χ1v) is 7.50. The van der Waals surface area contributed by atoms with Gasteiger partial charge in [0.2, 0.25) is 0 Å². The van der Waals surface area contributed by atoms with E-state index in [2.05, 4.69) is 50.8 Å². The Bertz CT molecular complexity index is 397. The number of nitrogens with two attached hydrogens (primary N) is 1. The molecule has 1 aliphatic rings. The van der Waals surface area contributed by atoms with Gasteiger partial charge in [-0.3, -0.25) is 0 Å². The standard InChI is InChI=1S/C17H28N2/c1-12-5-13(2)8-16(7-12)17(18)11-19-9-14(3)6-15(4)10-19/h5,7-8,14-15,17H,6,9-11,18H2,1-4H3. The van der Waals surface area contributed by atoms with E-state index >= 15 is 0 Å². The summed E-state index contributed by atoms with van der Waals surface area (Å²) >= 11 is 0. The Morgan fingerprint density at radius 1 is 1.11 bits per heavy atom. The summed E-state index contributed by atoms with van der Waals surface area (Å²) in [6.45, 7) is 12.4. The van der Waals surface area contributed by atoms with E-state index in [1.165, 1.54) is 36.2 Å². The summed E-state index contributed by atoms with van der Waals surface area (Å²) in [7, 11) is 0. The lowest BCUT2D eigenvalue weighted by Gasteiger charge is -2.36. The van der Waals surface area contributed by atoms with Gasteiger partial charge >= 0.3 is 0 Å². The van der Waals surface area contributed by atoms with Crippen molar-refractivity contribution >= 4 is 0 Å². The Morgan fingerprint density at radius 2 is 1.63 bits per heavy atom. The number of likely N-dealkylation sites (tertiary alicyclic amines) is 1. The van der Waals surface area contributed by atoms with Gasteiger partial charge in [-0.15, -0.1) is 0 Å². The second kappa shape index (κ2) is 6.06. The van der Waals surface area contributed by atoms with E-state index in [0.717, 1.165) is 18.4 Å². The van der Waals surface area contributed by atoms with E-state index < -0.39 is 0 Å². The molecule has 1 aliphatic heterocycles. The summed E-state index contributed by atoms with van der Waals surface area (Å²) < 4.78 is 0. The van der Waals surface area contributed by atoms with E-state index in [1.807, 2.05) is 0 Å². The van der Waals surface area contributed by atoms with E-state index in [0.29, 0.717) is 0 Å². The van der Waals surface area contributed by atoms with Crippen molar-refractivity contribution in [3.63, 3.8) is 0 Å². The van der Waals surface area contributed by atoms with Gasteiger partial charge in [-0.25, -0.2) is 0 Å². The molecule has 0 saturated carbocycles. The third kappa shape index (κ3) is 4.05. The summed E-state index contributed by atoms with van der Waals surface area (Å²) in [4.78, 5) is 2.54. The largest absolute Gasteiger partial charge is 0.323 e. The average molecular weight is 260 g/mol. The van der Waals surface area contributed by atoms with Crippen LogP contribution in [0.15, 0.2) is 18.2 Å². The number of aryl methyl sites for hydroxylation is 2. The minimum absolute atomic E-state index is 0.135. The van der Waals surface area contributed by atoms with Crippen LogP contribution < -0.4 is 5.73 Å². The van der Waals surface area contributed by atoms with Gasteiger partial charge in [0, 0.05) is 25.7 Å². The molecule has 2 rings (SSSR count). The van der Waals surface area contributed by atoms with Crippen molar-refractivity contribution in [1.29, 1.82) is 0 Å². The molecule has 1 fully saturated rings. The summed E-state index contributed by atoms with van der Waals surface area (Å²) in [6.07, 6.45) is 1.36. The highest BCUT2D eigenvalue weighted by molar-refractivity contribution is 5.30. The third-order valence-corrected chi connectivity index (χ3v) is 4.07. The third-order valence-electron chi connectivity index (χ3n) is 4.07. The van der Waals surface area contributed by atoms with E-state index in [1.54, 1.807) is 0 Å². The highest BCUT2D eigenvalue weighted by atomic mass is 15.1. The molecule has 106 valence electrons. The van der Waals surface area contributed by atoms with Crippen LogP contribution in [0, 0.1) is 25.7 Å². The van der Waals surface area contributed by atoms with Crippen LogP contribution in [0.5, 0.6) is 0 Å². The monoisotopic (exact) mass is 260 g/mol. The number of hydrogen-bond acceptors (Lipinski definition) is 2. The Morgan fingerprint density at radius 3 is 2.16 bits per heavy atom. The molecule has 3 atom stereocenters. The molecule has 1 saturated heterocycles. The minimum Gasteiger partial charge on any atom is -0.323 e. The summed E-state index contributed by atoms with van der Waals surface area (Å²) in [5.74, 6) is 1.60. The molecule has 0 amide bonds. The molecule has 2 nitrogen and oxygen atoms in total. The fourth-order valence-corrected chi connectivity index (χ4v) is 3.55. The maximum atomic E-state index is 6.41. The lowest BCUT2D eigenvalue weighted by Crippen LogP contribution is -2.42. The first kappa shape index (κ1) is 14.5. The summed E-state index contributed by atoms with van der Waals surface area (Å²) in [5.41, 5.74) is 10.3. The molecular formula is C17H28N2. The van der Waals surface area contributed by atoms with Crippen molar-refractivity contribution in [2.75, 3.05) is 19.6 Å². The lowest BCUT2D eigenvalue weighted by atomic mass is 9.91. The molecule has 2 heteroatoms. The predicted octanol–water partition coefficient (Wildman–Crippen LogP) is 3.28. The molecule has 0 aliphatic carbocycles. The number of piperidine rings is 1. The zero-order valence-corrected chi connectivity index (χ0v) is 12.8. The van der Waals surface area contributed by atoms with Gasteiger partial charge in [-0.2, -0.15) is 0 Å². The number of hydrogen-bond donors (Lipinski definition) is 1. The number of nitrogens with zero attached hydrogens (tertiary/aromatic N) is 1. The van der Waals surface area contributed by atoms with Crippen LogP contribution in [-0.2, 0) is 0 Å². The molecular weight excluding hydrogens is 232 g/mol. The first-order valence-electron chi connectivity index (χ1n) is 7.50. The Kier molecular flexibility index (Phi) is 4.64. The maximum Gasteiger partial charge on any atom is 0.0424 e. The van der Waals surface area contributed by atoms with Crippen molar-refractivity contribution in [2.45, 2.75) is 40.2 Å². The van der Waals surface area contributed by atoms with E-state index in [4.69, 9.17) is 5.73 Å². The van der Waals surface area contributed by atoms with Crippen LogP contribution in [0.25, 0.3) is 0 Å². The van der Waals surface area contributed by atoms with E-state index in [9.17, 15) is 0 Å². The van der Waals surface area contributed by atoms with Crippen LogP contribution in [0.1, 0.15) is 43.0 Å². The van der Waals surface area contributed by atoms with E-state index in [-0.39, 0.29) is 6.04 Å². The van der Waals surface area contributed by atoms with Crippen molar-refractivity contribution < 1.29 is 0 Å². The molecule has 0 spiro atoms. The Labute approximate surface area is 118 Å². The summed E-state index contributed by atoms with van der Waals surface area (Å²) in [6, 6.07) is 6.81. The number of rotatable bonds is 3. The van der Waals surface area contributed by atoms with Gasteiger partial charge in [0.1, 0.15) is 0 Å². The van der Waals surface area contributed by atoms with Crippen LogP contribution >= 0.6 is 0 Å². The van der Waals surface area contributed by atoms with Gasteiger partial charge in [-0.05, 0) is 37.7 Å². The van der Waals surface area contributed by atoms with Crippen LogP contribution in [0.3, 0.4) is 0 Å². The highest BCUT2D eigenvalue weighted by Crippen LogP contribution is 2.23. The average Bonchev–Trinajstić information content (AvgIpc) is 2.25. The minimum atomic E-state index is 0.135. The second-order valence-electron chi connectivity index (χ2n) is 6.69. The summed E-state index contributed by atoms with van der Waals surface area (Å²) in [5, 5.41) is 0. The Balaban J connectivity index is 2.01. The van der Waals surface area contributed by atoms with Crippen molar-refractivity contribution in [3.05, 3.63) is 34.9 Å². The topological polar surface area (TPSA) is 29.3 Å². The normalized spacial score (nSPS) is 26.4. The molecule has 2 N–H and O–H groups in total. The zero-order valence-electron chi connectivity index (χ0n) is 12.8. The molecule has 0 radical (unpaired) electrons. The van der Waals surface area contributed by atoms with Gasteiger partial charge < -0.3 is 10.6 Å². The van der Waals surface area contributed by atoms with Crippen LogP contribution in [0.4, 0.5) is 0 Å². The Hall–Kier alpha value is -0.860. The first-order chi connectivity index (χ1) is 8.94. The van der Waals surface area contributed by atoms with Gasteiger partial charge in [0.15, 0.2) is 0 Å². The molecule has 1 aromatic rings. The second-order valence-corrected chi connectivity index (χ2v) is 6.69. The lowest BCUT2D eigenvalue weighted by molar-refractivity contribution is 0.134. The zero-order chi connectivity index (χ0) is 14.0. The van der Waals surface area contributed by atoms with Crippen LogP contribution in [-0.4, -0.2) is 24.5 Å². The smallest absolute Gasteiger partial charge is 0.0424 e. The molecule has 1 heterocycles. The fraction of sp³-hybridized carbons (Fsp3) is 0.647. The molecule has 0 bridgehead atoms. The fourth-order valence-electron chi connectivity index (χ4n) is 3.55. The molecule has 19 heavy (non-hydrogen) atoms. The van der Waals surface area contributed by atoms with Crippen molar-refractivity contribution in [1.82, 2.24) is 4.90 Å². The SMILES string of the molecule is Cc1cc(C)cc(C(N)CN2CC(C)CC(C)C2)c1. The predicted molar refractivity (Wildman–Crippen MR) is 82.2 cm³/mol. The highest BCUT2D eigenvalue weighted by Gasteiger charge is 2.23. The molecule has 3 unspecified atom stereocenters. The van der Waals surface area contributed by atoms with Gasteiger partial charge in [-0.1, -0.05) is 43.2 Å². The maximum absolute atomic E-state index is 6.41. The molecule has 0 aromatic heterocycles. The van der Waals surface area contributed by atoms with Gasteiger partial charge in [0.05, 0.1) is 0 Å². The number of benzene rings is 1. The quantitative estimate of drug-likeness (QED) is 0.903. The van der Waals surface area contributed by atoms with Crippen LogP contribution in [0.2, 0.25) is 0 Å². The molecule has 1 aromatic carbocycles. The van der Waals surface area contributed by atoms with Crippen molar-refractivity contribution in [2.24, 2.45) is 17.6 Å². The van der Waals surface area contributed by atoms with Gasteiger partial charge in [0.25, 0.3) is 0 Å².